The Balaban J connectivity index is 0.00000320. The number of halogens is 1. The first-order valence-corrected chi connectivity index (χ1v) is 11.1. The molecule has 0 unspecified atom stereocenters. The van der Waals surface area contributed by atoms with Crippen LogP contribution in [0.25, 0.3) is 0 Å². The Morgan fingerprint density at radius 3 is 2.37 bits per heavy atom. The zero-order valence-corrected chi connectivity index (χ0v) is 20.4. The highest BCUT2D eigenvalue weighted by Crippen LogP contribution is 2.21. The molecule has 1 aliphatic heterocycles. The molecule has 1 aromatic heterocycles. The third-order valence-corrected chi connectivity index (χ3v) is 6.88. The molecule has 2 aromatic rings. The lowest BCUT2D eigenvalue weighted by molar-refractivity contribution is 0.222. The van der Waals surface area contributed by atoms with Crippen molar-refractivity contribution in [2.75, 3.05) is 40.3 Å². The van der Waals surface area contributed by atoms with Gasteiger partial charge in [0.1, 0.15) is 0 Å². The number of nitrogens with one attached hydrogen (secondary N) is 2. The number of rotatable bonds is 6. The summed E-state index contributed by atoms with van der Waals surface area (Å²) < 4.78 is 27.9. The molecule has 0 aliphatic carbocycles. The van der Waals surface area contributed by atoms with Crippen molar-refractivity contribution in [3.05, 3.63) is 59.9 Å². The van der Waals surface area contributed by atoms with E-state index in [2.05, 4.69) is 25.5 Å². The van der Waals surface area contributed by atoms with E-state index >= 15 is 0 Å². The van der Waals surface area contributed by atoms with E-state index < -0.39 is 10.0 Å². The lowest BCUT2D eigenvalue weighted by Crippen LogP contribution is -2.47. The van der Waals surface area contributed by atoms with Gasteiger partial charge in [0.05, 0.1) is 17.1 Å². The predicted octanol–water partition coefficient (Wildman–Crippen LogP) is 1.50. The van der Waals surface area contributed by atoms with Gasteiger partial charge in [0.25, 0.3) is 0 Å². The maximum Gasteiger partial charge on any atom is 0.243 e. The first-order chi connectivity index (χ1) is 14.0. The van der Waals surface area contributed by atoms with Gasteiger partial charge in [-0.25, -0.2) is 8.42 Å². The quantitative estimate of drug-likeness (QED) is 0.326. The van der Waals surface area contributed by atoms with Crippen LogP contribution in [-0.4, -0.2) is 68.8 Å². The Morgan fingerprint density at radius 2 is 1.70 bits per heavy atom. The Morgan fingerprint density at radius 1 is 1.03 bits per heavy atom. The van der Waals surface area contributed by atoms with E-state index in [4.69, 9.17) is 0 Å². The van der Waals surface area contributed by atoms with Crippen molar-refractivity contribution >= 4 is 40.0 Å². The summed E-state index contributed by atoms with van der Waals surface area (Å²) in [7, 11) is 0.157. The molecule has 1 aliphatic rings. The van der Waals surface area contributed by atoms with Crippen LogP contribution >= 0.6 is 24.0 Å². The normalized spacial score (nSPS) is 16.0. The fourth-order valence-corrected chi connectivity index (χ4v) is 4.79. The molecule has 0 saturated carbocycles. The van der Waals surface area contributed by atoms with Crippen molar-refractivity contribution in [2.24, 2.45) is 4.99 Å². The van der Waals surface area contributed by atoms with Gasteiger partial charge in [-0.15, -0.1) is 24.0 Å². The van der Waals surface area contributed by atoms with Crippen molar-refractivity contribution in [1.82, 2.24) is 24.8 Å². The zero-order chi connectivity index (χ0) is 20.7. The van der Waals surface area contributed by atoms with Crippen LogP contribution in [0.3, 0.4) is 0 Å². The largest absolute Gasteiger partial charge is 0.352 e. The van der Waals surface area contributed by atoms with E-state index in [1.54, 1.807) is 29.7 Å². The van der Waals surface area contributed by atoms with Gasteiger partial charge in [0, 0.05) is 46.0 Å². The number of sulfonamides is 1. The highest BCUT2D eigenvalue weighted by molar-refractivity contribution is 14.0. The molecule has 1 fully saturated rings. The standard InChI is InChI=1S/C20H28N6O2S.HI/c1-21-20(24-16-18-8-5-6-10-22-18)23-15-17-7-3-4-9-19(17)29(27,28)26-13-11-25(2)12-14-26;/h3-10H,11-16H2,1-2H3,(H2,21,23,24);1H. The Labute approximate surface area is 195 Å². The molecule has 164 valence electrons. The number of likely N-dealkylation sites (N-methyl/N-ethyl adjacent to an activating group) is 1. The molecule has 2 N–H and O–H groups in total. The van der Waals surface area contributed by atoms with Crippen LogP contribution in [0.4, 0.5) is 0 Å². The topological polar surface area (TPSA) is 89.9 Å². The second-order valence-electron chi connectivity index (χ2n) is 6.92. The highest BCUT2D eigenvalue weighted by Gasteiger charge is 2.29. The van der Waals surface area contributed by atoms with Crippen LogP contribution in [0.2, 0.25) is 0 Å². The van der Waals surface area contributed by atoms with Gasteiger partial charge < -0.3 is 15.5 Å². The monoisotopic (exact) mass is 544 g/mol. The summed E-state index contributed by atoms with van der Waals surface area (Å²) in [5.41, 5.74) is 1.61. The fraction of sp³-hybridized carbons (Fsp3) is 0.400. The number of aromatic nitrogens is 1. The molecule has 10 heteroatoms. The third-order valence-electron chi connectivity index (χ3n) is 4.89. The molecule has 1 aromatic carbocycles. The minimum absolute atomic E-state index is 0. The van der Waals surface area contributed by atoms with Gasteiger partial charge in [-0.1, -0.05) is 24.3 Å². The summed E-state index contributed by atoms with van der Waals surface area (Å²) >= 11 is 0. The summed E-state index contributed by atoms with van der Waals surface area (Å²) in [6.07, 6.45) is 1.74. The lowest BCUT2D eigenvalue weighted by atomic mass is 10.2. The second kappa shape index (κ2) is 11.6. The van der Waals surface area contributed by atoms with Crippen LogP contribution < -0.4 is 10.6 Å². The molecule has 8 nitrogen and oxygen atoms in total. The predicted molar refractivity (Wildman–Crippen MR) is 129 cm³/mol. The summed E-state index contributed by atoms with van der Waals surface area (Å²) in [5.74, 6) is 0.586. The molecule has 30 heavy (non-hydrogen) atoms. The Hall–Kier alpha value is -1.76. The highest BCUT2D eigenvalue weighted by atomic mass is 127. The average molecular weight is 544 g/mol. The van der Waals surface area contributed by atoms with Gasteiger partial charge in [0.15, 0.2) is 5.96 Å². The van der Waals surface area contributed by atoms with Crippen molar-refractivity contribution in [2.45, 2.75) is 18.0 Å². The van der Waals surface area contributed by atoms with E-state index in [1.807, 2.05) is 37.4 Å². The summed E-state index contributed by atoms with van der Waals surface area (Å²) in [6, 6.07) is 12.9. The molecule has 3 rings (SSSR count). The van der Waals surface area contributed by atoms with Crippen LogP contribution in [-0.2, 0) is 23.1 Å². The number of piperazine rings is 1. The maximum absolute atomic E-state index is 13.2. The number of guanidine groups is 1. The summed E-state index contributed by atoms with van der Waals surface area (Å²) in [6.45, 7) is 3.38. The summed E-state index contributed by atoms with van der Waals surface area (Å²) in [5, 5.41) is 6.39. The SMILES string of the molecule is CN=C(NCc1ccccn1)NCc1ccccc1S(=O)(=O)N1CCN(C)CC1.I. The van der Waals surface area contributed by atoms with Crippen molar-refractivity contribution < 1.29 is 8.42 Å². The van der Waals surface area contributed by atoms with Gasteiger partial charge in [0.2, 0.25) is 10.0 Å². The molecule has 0 radical (unpaired) electrons. The van der Waals surface area contributed by atoms with E-state index in [-0.39, 0.29) is 24.0 Å². The average Bonchev–Trinajstić information content (AvgIpc) is 2.75. The van der Waals surface area contributed by atoms with Crippen molar-refractivity contribution in [1.29, 1.82) is 0 Å². The molecular formula is C20H29IN6O2S. The number of hydrogen-bond donors (Lipinski definition) is 2. The molecule has 0 atom stereocenters. The Bertz CT molecular complexity index is 931. The minimum Gasteiger partial charge on any atom is -0.352 e. The molecule has 1 saturated heterocycles. The van der Waals surface area contributed by atoms with E-state index in [1.165, 1.54) is 0 Å². The first kappa shape index (κ1) is 24.5. The second-order valence-corrected chi connectivity index (χ2v) is 8.82. The number of pyridine rings is 1. The smallest absolute Gasteiger partial charge is 0.243 e. The molecule has 0 spiro atoms. The van der Waals surface area contributed by atoms with Gasteiger partial charge in [-0.05, 0) is 30.8 Å². The molecule has 0 bridgehead atoms. The number of benzene rings is 1. The summed E-state index contributed by atoms with van der Waals surface area (Å²) in [4.78, 5) is 11.0. The van der Waals surface area contributed by atoms with Crippen LogP contribution in [0, 0.1) is 0 Å². The zero-order valence-electron chi connectivity index (χ0n) is 17.3. The number of aliphatic imine (C=N–C) groups is 1. The molecule has 0 amide bonds. The lowest BCUT2D eigenvalue weighted by Gasteiger charge is -2.32. The van der Waals surface area contributed by atoms with Crippen molar-refractivity contribution in [3.8, 4) is 0 Å². The van der Waals surface area contributed by atoms with Crippen LogP contribution in [0.5, 0.6) is 0 Å². The van der Waals surface area contributed by atoms with Crippen LogP contribution in [0.15, 0.2) is 58.5 Å². The minimum atomic E-state index is -3.53. The van der Waals surface area contributed by atoms with Gasteiger partial charge >= 0.3 is 0 Å². The van der Waals surface area contributed by atoms with E-state index in [0.717, 1.165) is 18.8 Å². The van der Waals surface area contributed by atoms with Gasteiger partial charge in [-0.3, -0.25) is 9.98 Å². The third kappa shape index (κ3) is 6.37. The van der Waals surface area contributed by atoms with Gasteiger partial charge in [-0.2, -0.15) is 4.31 Å². The number of hydrogen-bond acceptors (Lipinski definition) is 5. The first-order valence-electron chi connectivity index (χ1n) is 9.62. The molecular weight excluding hydrogens is 515 g/mol. The van der Waals surface area contributed by atoms with E-state index in [9.17, 15) is 8.42 Å². The molecule has 2 heterocycles. The Kier molecular flexibility index (Phi) is 9.46. The fourth-order valence-electron chi connectivity index (χ4n) is 3.15. The number of nitrogens with zero attached hydrogens (tertiary/aromatic N) is 4. The van der Waals surface area contributed by atoms with E-state index in [0.29, 0.717) is 42.6 Å². The van der Waals surface area contributed by atoms with Crippen LogP contribution in [0.1, 0.15) is 11.3 Å². The maximum atomic E-state index is 13.2. The van der Waals surface area contributed by atoms with Crippen molar-refractivity contribution in [3.63, 3.8) is 0 Å².